The lowest BCUT2D eigenvalue weighted by molar-refractivity contribution is 0.889. The molecule has 0 aliphatic carbocycles. The second-order valence-electron chi connectivity index (χ2n) is 3.23. The van der Waals surface area contributed by atoms with Crippen molar-refractivity contribution >= 4 is 23.3 Å². The molecule has 0 fully saturated rings. The van der Waals surface area contributed by atoms with Crippen LogP contribution in [0, 0.1) is 5.41 Å². The van der Waals surface area contributed by atoms with Crippen LogP contribution in [0.2, 0.25) is 5.02 Å². The molecule has 0 atom stereocenters. The fourth-order valence-electron chi connectivity index (χ4n) is 1.03. The van der Waals surface area contributed by atoms with Crippen LogP contribution < -0.4 is 11.1 Å². The number of nitrogen functional groups attached to an aromatic ring is 1. The SMILES string of the molecule is CC(C)Nc1nccc(C(=N)N)c1Cl. The van der Waals surface area contributed by atoms with Crippen LogP contribution in [-0.4, -0.2) is 16.9 Å². The summed E-state index contributed by atoms with van der Waals surface area (Å²) in [4.78, 5) is 4.07. The zero-order valence-electron chi connectivity index (χ0n) is 8.13. The maximum absolute atomic E-state index is 7.29. The molecule has 1 heterocycles. The van der Waals surface area contributed by atoms with Crippen LogP contribution in [0.15, 0.2) is 12.3 Å². The highest BCUT2D eigenvalue weighted by molar-refractivity contribution is 6.36. The van der Waals surface area contributed by atoms with Gasteiger partial charge in [-0.1, -0.05) is 11.6 Å². The number of anilines is 1. The highest BCUT2D eigenvalue weighted by Crippen LogP contribution is 2.23. The zero-order chi connectivity index (χ0) is 10.7. The average Bonchev–Trinajstić information content (AvgIpc) is 2.07. The maximum atomic E-state index is 7.29. The number of nitrogens with two attached hydrogens (primary N) is 1. The Bertz CT molecular complexity index is 349. The van der Waals surface area contributed by atoms with Crippen LogP contribution in [0.25, 0.3) is 0 Å². The van der Waals surface area contributed by atoms with Crippen molar-refractivity contribution in [2.24, 2.45) is 5.73 Å². The molecule has 0 amide bonds. The van der Waals surface area contributed by atoms with Gasteiger partial charge in [-0.25, -0.2) is 4.98 Å². The summed E-state index contributed by atoms with van der Waals surface area (Å²) in [5.74, 6) is 0.513. The molecule has 1 rings (SSSR count). The summed E-state index contributed by atoms with van der Waals surface area (Å²) in [6.45, 7) is 3.97. The molecule has 76 valence electrons. The van der Waals surface area contributed by atoms with Gasteiger partial charge in [0.15, 0.2) is 0 Å². The van der Waals surface area contributed by atoms with E-state index in [4.69, 9.17) is 22.7 Å². The van der Waals surface area contributed by atoms with Crippen molar-refractivity contribution in [2.45, 2.75) is 19.9 Å². The third-order valence-electron chi connectivity index (χ3n) is 1.60. The first-order valence-electron chi connectivity index (χ1n) is 4.27. The quantitative estimate of drug-likeness (QED) is 0.529. The fourth-order valence-corrected chi connectivity index (χ4v) is 1.29. The minimum absolute atomic E-state index is 0.0517. The molecule has 4 nitrogen and oxygen atoms in total. The highest BCUT2D eigenvalue weighted by Gasteiger charge is 2.09. The topological polar surface area (TPSA) is 74.8 Å². The highest BCUT2D eigenvalue weighted by atomic mass is 35.5. The van der Waals surface area contributed by atoms with E-state index in [-0.39, 0.29) is 11.9 Å². The Labute approximate surface area is 88.0 Å². The molecule has 1 aromatic heterocycles. The molecule has 0 spiro atoms. The molecule has 14 heavy (non-hydrogen) atoms. The molecular weight excluding hydrogens is 200 g/mol. The molecule has 0 bridgehead atoms. The smallest absolute Gasteiger partial charge is 0.145 e. The van der Waals surface area contributed by atoms with Crippen molar-refractivity contribution < 1.29 is 0 Å². The van der Waals surface area contributed by atoms with Crippen molar-refractivity contribution in [3.05, 3.63) is 22.8 Å². The minimum Gasteiger partial charge on any atom is -0.384 e. The summed E-state index contributed by atoms with van der Waals surface area (Å²) in [7, 11) is 0. The molecular formula is C9H13ClN4. The van der Waals surface area contributed by atoms with E-state index in [0.717, 1.165) is 0 Å². The number of rotatable bonds is 3. The molecule has 0 radical (unpaired) electrons. The summed E-state index contributed by atoms with van der Waals surface area (Å²) < 4.78 is 0. The van der Waals surface area contributed by atoms with E-state index in [1.54, 1.807) is 12.3 Å². The van der Waals surface area contributed by atoms with E-state index in [9.17, 15) is 0 Å². The van der Waals surface area contributed by atoms with E-state index in [1.165, 1.54) is 0 Å². The number of hydrogen-bond donors (Lipinski definition) is 3. The van der Waals surface area contributed by atoms with E-state index < -0.39 is 0 Å². The third-order valence-corrected chi connectivity index (χ3v) is 1.99. The molecule has 4 N–H and O–H groups in total. The van der Waals surface area contributed by atoms with Crippen molar-refractivity contribution in [3.8, 4) is 0 Å². The second kappa shape index (κ2) is 4.28. The molecule has 1 aromatic rings. The predicted octanol–water partition coefficient (Wildman–Crippen LogP) is 1.84. The molecule has 5 heteroatoms. The van der Waals surface area contributed by atoms with Crippen molar-refractivity contribution in [1.82, 2.24) is 4.98 Å². The fraction of sp³-hybridized carbons (Fsp3) is 0.333. The van der Waals surface area contributed by atoms with Crippen molar-refractivity contribution in [2.75, 3.05) is 5.32 Å². The first kappa shape index (κ1) is 10.8. The summed E-state index contributed by atoms with van der Waals surface area (Å²) in [6, 6.07) is 1.86. The molecule has 0 aromatic carbocycles. The third kappa shape index (κ3) is 2.35. The van der Waals surface area contributed by atoms with E-state index in [0.29, 0.717) is 16.4 Å². The molecule has 0 saturated carbocycles. The van der Waals surface area contributed by atoms with Gasteiger partial charge in [0.1, 0.15) is 11.7 Å². The number of pyridine rings is 1. The number of nitrogens with one attached hydrogen (secondary N) is 2. The molecule has 0 saturated heterocycles. The summed E-state index contributed by atoms with van der Waals surface area (Å²) in [5, 5.41) is 10.8. The van der Waals surface area contributed by atoms with Gasteiger partial charge in [-0.2, -0.15) is 0 Å². The molecule has 0 unspecified atom stereocenters. The predicted molar refractivity (Wildman–Crippen MR) is 59.0 cm³/mol. The second-order valence-corrected chi connectivity index (χ2v) is 3.61. The van der Waals surface area contributed by atoms with Gasteiger partial charge >= 0.3 is 0 Å². The Morgan fingerprint density at radius 1 is 1.64 bits per heavy atom. The Hall–Kier alpha value is -1.29. The molecule has 0 aliphatic rings. The standard InChI is InChI=1S/C9H13ClN4/c1-5(2)14-9-7(10)6(8(11)12)3-4-13-9/h3-5H,1-2H3,(H3,11,12)(H,13,14). The van der Waals surface area contributed by atoms with E-state index >= 15 is 0 Å². The van der Waals surface area contributed by atoms with Crippen LogP contribution in [0.3, 0.4) is 0 Å². The lowest BCUT2D eigenvalue weighted by atomic mass is 10.2. The Morgan fingerprint density at radius 2 is 2.29 bits per heavy atom. The lowest BCUT2D eigenvalue weighted by Crippen LogP contribution is -2.15. The van der Waals surface area contributed by atoms with Gasteiger partial charge in [-0.15, -0.1) is 0 Å². The average molecular weight is 213 g/mol. The Kier molecular flexibility index (Phi) is 3.30. The largest absolute Gasteiger partial charge is 0.384 e. The van der Waals surface area contributed by atoms with Crippen LogP contribution in [0.4, 0.5) is 5.82 Å². The lowest BCUT2D eigenvalue weighted by Gasteiger charge is -2.12. The van der Waals surface area contributed by atoms with Crippen LogP contribution >= 0.6 is 11.6 Å². The van der Waals surface area contributed by atoms with Gasteiger partial charge in [-0.3, -0.25) is 5.41 Å². The molecule has 0 aliphatic heterocycles. The normalized spacial score (nSPS) is 10.3. The first-order chi connectivity index (χ1) is 6.52. The van der Waals surface area contributed by atoms with Crippen LogP contribution in [0.1, 0.15) is 19.4 Å². The monoisotopic (exact) mass is 212 g/mol. The van der Waals surface area contributed by atoms with E-state index in [1.807, 2.05) is 13.8 Å². The van der Waals surface area contributed by atoms with Gasteiger partial charge in [0, 0.05) is 17.8 Å². The first-order valence-corrected chi connectivity index (χ1v) is 4.65. The van der Waals surface area contributed by atoms with Gasteiger partial charge < -0.3 is 11.1 Å². The number of aromatic nitrogens is 1. The summed E-state index contributed by atoms with van der Waals surface area (Å²) in [6.07, 6.45) is 1.58. The van der Waals surface area contributed by atoms with Gasteiger partial charge in [0.25, 0.3) is 0 Å². The van der Waals surface area contributed by atoms with Crippen molar-refractivity contribution in [3.63, 3.8) is 0 Å². The van der Waals surface area contributed by atoms with Gasteiger partial charge in [0.05, 0.1) is 5.02 Å². The Balaban J connectivity index is 3.07. The number of halogens is 1. The maximum Gasteiger partial charge on any atom is 0.145 e. The summed E-state index contributed by atoms with van der Waals surface area (Å²) in [5.41, 5.74) is 5.86. The van der Waals surface area contributed by atoms with Crippen molar-refractivity contribution in [1.29, 1.82) is 5.41 Å². The van der Waals surface area contributed by atoms with Gasteiger partial charge in [-0.05, 0) is 19.9 Å². The van der Waals surface area contributed by atoms with Crippen LogP contribution in [-0.2, 0) is 0 Å². The number of amidine groups is 1. The van der Waals surface area contributed by atoms with Crippen LogP contribution in [0.5, 0.6) is 0 Å². The Morgan fingerprint density at radius 3 is 2.79 bits per heavy atom. The van der Waals surface area contributed by atoms with Gasteiger partial charge in [0.2, 0.25) is 0 Å². The van der Waals surface area contributed by atoms with E-state index in [2.05, 4.69) is 10.3 Å². The number of hydrogen-bond acceptors (Lipinski definition) is 3. The minimum atomic E-state index is -0.0517. The summed E-state index contributed by atoms with van der Waals surface area (Å²) >= 11 is 6.00. The zero-order valence-corrected chi connectivity index (χ0v) is 8.89. The number of nitrogens with zero attached hydrogens (tertiary/aromatic N) is 1.